The first-order valence-corrected chi connectivity index (χ1v) is 11.8. The average Bonchev–Trinajstić information content (AvgIpc) is 2.85. The van der Waals surface area contributed by atoms with Gasteiger partial charge < -0.3 is 10.6 Å². The summed E-state index contributed by atoms with van der Waals surface area (Å²) in [5.41, 5.74) is 3.96. The number of hydrogen-bond donors (Lipinski definition) is 2. The van der Waals surface area contributed by atoms with E-state index in [4.69, 9.17) is 0 Å². The quantitative estimate of drug-likeness (QED) is 0.556. The minimum atomic E-state index is -2.48. The van der Waals surface area contributed by atoms with E-state index in [-0.39, 0.29) is 12.8 Å². The summed E-state index contributed by atoms with van der Waals surface area (Å²) in [5.74, 6) is -1.63. The zero-order chi connectivity index (χ0) is 22.8. The molecular formula is C25H30F2N6. The van der Waals surface area contributed by atoms with Crippen molar-refractivity contribution in [2.45, 2.75) is 56.5 Å². The van der Waals surface area contributed by atoms with Gasteiger partial charge in [-0.3, -0.25) is 9.88 Å². The summed E-state index contributed by atoms with van der Waals surface area (Å²) in [6.45, 7) is 1.03. The predicted molar refractivity (Wildman–Crippen MR) is 128 cm³/mol. The molecule has 3 heterocycles. The van der Waals surface area contributed by atoms with E-state index in [1.165, 1.54) is 0 Å². The zero-order valence-corrected chi connectivity index (χ0v) is 18.9. The van der Waals surface area contributed by atoms with E-state index in [2.05, 4.69) is 48.7 Å². The number of alkyl halides is 2. The number of aromatic nitrogens is 3. The molecule has 174 valence electrons. The van der Waals surface area contributed by atoms with E-state index in [1.807, 2.05) is 19.3 Å². The highest BCUT2D eigenvalue weighted by atomic mass is 19.3. The SMILES string of the molecule is CNc1cncc(-c2ccc3ncnc(NC4CCC(N5CCC(F)(F)CC5)CC4)c3c2)c1. The second kappa shape index (κ2) is 9.17. The molecule has 2 fully saturated rings. The van der Waals surface area contributed by atoms with E-state index < -0.39 is 5.92 Å². The Bertz CT molecular complexity index is 1100. The fourth-order valence-electron chi connectivity index (χ4n) is 5.08. The lowest BCUT2D eigenvalue weighted by Crippen LogP contribution is -2.47. The van der Waals surface area contributed by atoms with Gasteiger partial charge in [-0.2, -0.15) is 0 Å². The van der Waals surface area contributed by atoms with Crippen LogP contribution in [0.3, 0.4) is 0 Å². The first-order chi connectivity index (χ1) is 16.0. The van der Waals surface area contributed by atoms with Crippen molar-refractivity contribution in [3.63, 3.8) is 0 Å². The Hall–Kier alpha value is -2.87. The van der Waals surface area contributed by atoms with Crippen LogP contribution in [0.5, 0.6) is 0 Å². The fourth-order valence-corrected chi connectivity index (χ4v) is 5.08. The second-order valence-electron chi connectivity index (χ2n) is 9.21. The van der Waals surface area contributed by atoms with Crippen LogP contribution >= 0.6 is 0 Å². The molecular weight excluding hydrogens is 422 g/mol. The number of pyridine rings is 1. The normalized spacial score (nSPS) is 23.4. The highest BCUT2D eigenvalue weighted by Crippen LogP contribution is 2.34. The van der Waals surface area contributed by atoms with Crippen molar-refractivity contribution >= 4 is 22.4 Å². The van der Waals surface area contributed by atoms with Gasteiger partial charge in [0.1, 0.15) is 12.1 Å². The van der Waals surface area contributed by atoms with Crippen LogP contribution in [0.2, 0.25) is 0 Å². The van der Waals surface area contributed by atoms with Crippen LogP contribution < -0.4 is 10.6 Å². The molecule has 5 rings (SSSR count). The summed E-state index contributed by atoms with van der Waals surface area (Å²) in [7, 11) is 1.88. The van der Waals surface area contributed by atoms with Crippen molar-refractivity contribution in [1.29, 1.82) is 0 Å². The molecule has 3 aromatic rings. The van der Waals surface area contributed by atoms with Crippen molar-refractivity contribution < 1.29 is 8.78 Å². The van der Waals surface area contributed by atoms with Crippen molar-refractivity contribution in [3.8, 4) is 11.1 Å². The molecule has 1 saturated carbocycles. The van der Waals surface area contributed by atoms with Crippen molar-refractivity contribution in [1.82, 2.24) is 19.9 Å². The molecule has 2 aliphatic rings. The molecule has 6 nitrogen and oxygen atoms in total. The summed E-state index contributed by atoms with van der Waals surface area (Å²) in [5, 5.41) is 7.77. The molecule has 2 aromatic heterocycles. The first kappa shape index (κ1) is 21.9. The molecule has 0 atom stereocenters. The number of fused-ring (bicyclic) bond motifs is 1. The van der Waals surface area contributed by atoms with Crippen molar-refractivity contribution in [2.24, 2.45) is 0 Å². The van der Waals surface area contributed by atoms with Crippen molar-refractivity contribution in [3.05, 3.63) is 43.0 Å². The molecule has 0 radical (unpaired) electrons. The summed E-state index contributed by atoms with van der Waals surface area (Å²) in [6, 6.07) is 9.01. The third-order valence-electron chi connectivity index (χ3n) is 7.08. The Kier molecular flexibility index (Phi) is 6.10. The summed E-state index contributed by atoms with van der Waals surface area (Å²) in [4.78, 5) is 15.6. The van der Waals surface area contributed by atoms with Gasteiger partial charge in [-0.25, -0.2) is 18.7 Å². The predicted octanol–water partition coefficient (Wildman–Crippen LogP) is 5.19. The Morgan fingerprint density at radius 2 is 1.76 bits per heavy atom. The number of nitrogens with one attached hydrogen (secondary N) is 2. The lowest BCUT2D eigenvalue weighted by atomic mass is 9.88. The summed E-state index contributed by atoms with van der Waals surface area (Å²) < 4.78 is 27.0. The average molecular weight is 453 g/mol. The van der Waals surface area contributed by atoms with Crippen LogP contribution in [0, 0.1) is 0 Å². The molecule has 0 bridgehead atoms. The van der Waals surface area contributed by atoms with E-state index in [1.54, 1.807) is 12.5 Å². The molecule has 0 amide bonds. The summed E-state index contributed by atoms with van der Waals surface area (Å²) >= 11 is 0. The standard InChI is InChI=1S/C25H30F2N6/c1-28-20-12-18(14-29-15-20)17-2-7-23-22(13-17)24(31-16-30-23)32-19-3-5-21(6-4-19)33-10-8-25(26,27)9-11-33/h2,7,12-16,19,21,28H,3-6,8-11H2,1H3,(H,30,31,32). The van der Waals surface area contributed by atoms with Gasteiger partial charge in [0.25, 0.3) is 5.92 Å². The fraction of sp³-hybridized carbons (Fsp3) is 0.480. The number of likely N-dealkylation sites (tertiary alicyclic amines) is 1. The van der Waals surface area contributed by atoms with Gasteiger partial charge in [-0.1, -0.05) is 6.07 Å². The van der Waals surface area contributed by atoms with E-state index >= 15 is 0 Å². The molecule has 1 aliphatic heterocycles. The second-order valence-corrected chi connectivity index (χ2v) is 9.21. The monoisotopic (exact) mass is 452 g/mol. The van der Waals surface area contributed by atoms with E-state index in [9.17, 15) is 8.78 Å². The Balaban J connectivity index is 1.28. The van der Waals surface area contributed by atoms with Crippen LogP contribution in [0.15, 0.2) is 43.0 Å². The molecule has 2 N–H and O–H groups in total. The van der Waals surface area contributed by atoms with Crippen molar-refractivity contribution in [2.75, 3.05) is 30.8 Å². The topological polar surface area (TPSA) is 66.0 Å². The van der Waals surface area contributed by atoms with Crippen LogP contribution in [0.4, 0.5) is 20.3 Å². The first-order valence-electron chi connectivity index (χ1n) is 11.8. The van der Waals surface area contributed by atoms with E-state index in [0.29, 0.717) is 25.2 Å². The van der Waals surface area contributed by atoms with Gasteiger partial charge in [0.05, 0.1) is 11.2 Å². The Labute approximate surface area is 192 Å². The number of benzene rings is 1. The number of rotatable bonds is 5. The molecule has 1 saturated heterocycles. The number of nitrogens with zero attached hydrogens (tertiary/aromatic N) is 4. The number of halogens is 2. The van der Waals surface area contributed by atoms with Gasteiger partial charge in [-0.05, 0) is 49.4 Å². The largest absolute Gasteiger partial charge is 0.387 e. The third kappa shape index (κ3) is 4.90. The highest BCUT2D eigenvalue weighted by Gasteiger charge is 2.37. The molecule has 1 aliphatic carbocycles. The van der Waals surface area contributed by atoms with Crippen LogP contribution in [0.1, 0.15) is 38.5 Å². The number of anilines is 2. The molecule has 1 aromatic carbocycles. The van der Waals surface area contributed by atoms with Gasteiger partial charge >= 0.3 is 0 Å². The number of piperidine rings is 1. The lowest BCUT2D eigenvalue weighted by Gasteiger charge is -2.40. The van der Waals surface area contributed by atoms with Gasteiger partial charge in [0, 0.05) is 68.4 Å². The molecule has 33 heavy (non-hydrogen) atoms. The zero-order valence-electron chi connectivity index (χ0n) is 18.9. The Morgan fingerprint density at radius 1 is 0.970 bits per heavy atom. The van der Waals surface area contributed by atoms with Gasteiger partial charge in [-0.15, -0.1) is 0 Å². The smallest absolute Gasteiger partial charge is 0.250 e. The van der Waals surface area contributed by atoms with E-state index in [0.717, 1.165) is 59.2 Å². The number of hydrogen-bond acceptors (Lipinski definition) is 6. The molecule has 0 spiro atoms. The lowest BCUT2D eigenvalue weighted by molar-refractivity contribution is -0.0657. The highest BCUT2D eigenvalue weighted by molar-refractivity contribution is 5.92. The van der Waals surface area contributed by atoms with Crippen LogP contribution in [-0.2, 0) is 0 Å². The minimum Gasteiger partial charge on any atom is -0.387 e. The van der Waals surface area contributed by atoms with Crippen LogP contribution in [0.25, 0.3) is 22.0 Å². The maximum Gasteiger partial charge on any atom is 0.250 e. The molecule has 0 unspecified atom stereocenters. The maximum absolute atomic E-state index is 13.5. The minimum absolute atomic E-state index is 0.00676. The van der Waals surface area contributed by atoms with Crippen LogP contribution in [-0.4, -0.2) is 58.0 Å². The third-order valence-corrected chi connectivity index (χ3v) is 7.08. The Morgan fingerprint density at radius 3 is 2.52 bits per heavy atom. The van der Waals surface area contributed by atoms with Gasteiger partial charge in [0.2, 0.25) is 0 Å². The van der Waals surface area contributed by atoms with Gasteiger partial charge in [0.15, 0.2) is 0 Å². The maximum atomic E-state index is 13.5. The summed E-state index contributed by atoms with van der Waals surface area (Å²) in [6.07, 6.45) is 9.32. The molecule has 8 heteroatoms.